The molecule has 2 spiro atoms. The Morgan fingerprint density at radius 2 is 1.82 bits per heavy atom. The fourth-order valence-electron chi connectivity index (χ4n) is 11.4. The van der Waals surface area contributed by atoms with Crippen molar-refractivity contribution < 1.29 is 14.3 Å². The maximum absolute atomic E-state index is 13.8. The minimum Gasteiger partial charge on any atom is -0.444 e. The van der Waals surface area contributed by atoms with Crippen molar-refractivity contribution >= 4 is 12.0 Å². The molecule has 6 unspecified atom stereocenters. The maximum Gasteiger partial charge on any atom is 0.407 e. The molecule has 2 bridgehead atoms. The van der Waals surface area contributed by atoms with Crippen molar-refractivity contribution in [3.05, 3.63) is 71.3 Å². The number of fused-ring (bicyclic) bond motifs is 1. The summed E-state index contributed by atoms with van der Waals surface area (Å²) in [4.78, 5) is 30.9. The Kier molecular flexibility index (Phi) is 5.05. The van der Waals surface area contributed by atoms with Crippen molar-refractivity contribution in [3.63, 3.8) is 0 Å². The number of likely N-dealkylation sites (tertiary alicyclic amines) is 2. The minimum absolute atomic E-state index is 0.214. The molecule has 0 radical (unpaired) electrons. The maximum atomic E-state index is 13.8. The first-order valence-electron chi connectivity index (χ1n) is 15.4. The summed E-state index contributed by atoms with van der Waals surface area (Å²) in [5, 5.41) is 2.96. The standard InChI is InChI=1S/C34H41N3O3/c1-31(2,3)40-30(39)35-16-9-17-36-21-33-18-23-12-7-8-13-25(23)34(33)27-24-19-32(34,29(33)36)15-14-26(27)37(20-24)28(38)22-10-5-4-6-11-22/h4-8,10-13,24,26-27,29H,9,14-21H2,1-3H3,(H,35,39)/t24-,26?,27?,29?,32?,33?,34?/m1/s1. The molecule has 7 atom stereocenters. The molecule has 0 aromatic heterocycles. The van der Waals surface area contributed by atoms with Crippen LogP contribution in [0.2, 0.25) is 0 Å². The summed E-state index contributed by atoms with van der Waals surface area (Å²) < 4.78 is 5.43. The first-order valence-corrected chi connectivity index (χ1v) is 15.4. The van der Waals surface area contributed by atoms with Crippen LogP contribution >= 0.6 is 0 Å². The van der Waals surface area contributed by atoms with Gasteiger partial charge in [-0.25, -0.2) is 4.79 Å². The topological polar surface area (TPSA) is 61.9 Å². The monoisotopic (exact) mass is 539 g/mol. The lowest BCUT2D eigenvalue weighted by atomic mass is 9.27. The van der Waals surface area contributed by atoms with E-state index in [4.69, 9.17) is 4.74 Å². The Balaban J connectivity index is 1.06. The van der Waals surface area contributed by atoms with Crippen molar-refractivity contribution in [2.45, 2.75) is 76.0 Å². The molecule has 210 valence electrons. The van der Waals surface area contributed by atoms with Crippen molar-refractivity contribution in [1.29, 1.82) is 0 Å². The number of nitrogens with zero attached hydrogens (tertiary/aromatic N) is 2. The highest BCUT2D eigenvalue weighted by Gasteiger charge is 2.93. The molecular formula is C34H41N3O3. The number of piperidine rings is 1. The third-order valence-electron chi connectivity index (χ3n) is 11.8. The van der Waals surface area contributed by atoms with Crippen LogP contribution in [0, 0.1) is 22.7 Å². The minimum atomic E-state index is -0.472. The molecule has 2 aromatic rings. The van der Waals surface area contributed by atoms with Gasteiger partial charge in [-0.05, 0) is 93.4 Å². The van der Waals surface area contributed by atoms with Gasteiger partial charge in [0, 0.05) is 54.7 Å². The van der Waals surface area contributed by atoms with E-state index in [9.17, 15) is 9.59 Å². The summed E-state index contributed by atoms with van der Waals surface area (Å²) in [6, 6.07) is 20.2. The molecule has 2 aliphatic heterocycles. The number of hydrogen-bond donors (Lipinski definition) is 1. The third-order valence-corrected chi connectivity index (χ3v) is 11.8. The van der Waals surface area contributed by atoms with Crippen LogP contribution in [0.1, 0.15) is 67.9 Å². The highest BCUT2D eigenvalue weighted by atomic mass is 16.6. The molecule has 2 aromatic carbocycles. The zero-order chi connectivity index (χ0) is 27.5. The van der Waals surface area contributed by atoms with E-state index in [1.165, 1.54) is 19.3 Å². The molecule has 4 aliphatic carbocycles. The summed E-state index contributed by atoms with van der Waals surface area (Å²) >= 11 is 0. The largest absolute Gasteiger partial charge is 0.444 e. The lowest BCUT2D eigenvalue weighted by Gasteiger charge is -2.84. The van der Waals surface area contributed by atoms with Crippen molar-refractivity contribution in [3.8, 4) is 0 Å². The normalized spacial score (nSPS) is 37.9. The Morgan fingerprint density at radius 3 is 2.62 bits per heavy atom. The molecule has 40 heavy (non-hydrogen) atoms. The quantitative estimate of drug-likeness (QED) is 0.542. The SMILES string of the molecule is CC(C)(C)OC(=O)NCCCN1CC23Cc4ccccc4C24C2C5CCC4(C[C@@H]2CN5C(=O)c2ccccc2)C13. The van der Waals surface area contributed by atoms with Crippen LogP contribution < -0.4 is 5.32 Å². The van der Waals surface area contributed by atoms with Crippen LogP contribution in [0.25, 0.3) is 0 Å². The van der Waals surface area contributed by atoms with Crippen molar-refractivity contribution in [2.75, 3.05) is 26.2 Å². The van der Waals surface area contributed by atoms with Gasteiger partial charge < -0.3 is 15.0 Å². The van der Waals surface area contributed by atoms with Crippen molar-refractivity contribution in [1.82, 2.24) is 15.1 Å². The Hall–Kier alpha value is -2.86. The number of carbonyl (C=O) groups is 2. The van der Waals surface area contributed by atoms with Gasteiger partial charge in [-0.15, -0.1) is 0 Å². The molecule has 6 heteroatoms. The molecule has 5 fully saturated rings. The van der Waals surface area contributed by atoms with Gasteiger partial charge in [0.1, 0.15) is 5.60 Å². The predicted molar refractivity (Wildman–Crippen MR) is 153 cm³/mol. The van der Waals surface area contributed by atoms with E-state index >= 15 is 0 Å². The van der Waals surface area contributed by atoms with Gasteiger partial charge in [-0.2, -0.15) is 0 Å². The summed E-state index contributed by atoms with van der Waals surface area (Å²) in [6.45, 7) is 9.42. The van der Waals surface area contributed by atoms with Gasteiger partial charge in [-0.3, -0.25) is 9.69 Å². The van der Waals surface area contributed by atoms with E-state index in [1.54, 1.807) is 11.1 Å². The number of nitrogens with one attached hydrogen (secondary N) is 1. The zero-order valence-corrected chi connectivity index (χ0v) is 24.0. The van der Waals surface area contributed by atoms with Gasteiger partial charge in [0.05, 0.1) is 0 Å². The van der Waals surface area contributed by atoms with Gasteiger partial charge in [0.25, 0.3) is 5.91 Å². The van der Waals surface area contributed by atoms with E-state index in [1.807, 2.05) is 51.1 Å². The lowest BCUT2D eigenvalue weighted by Crippen LogP contribution is -2.91. The molecule has 2 saturated heterocycles. The number of benzene rings is 2. The van der Waals surface area contributed by atoms with Crippen LogP contribution in [0.5, 0.6) is 0 Å². The number of ether oxygens (including phenoxy) is 1. The van der Waals surface area contributed by atoms with Gasteiger partial charge in [-0.1, -0.05) is 42.5 Å². The number of carbonyl (C=O) groups excluding carboxylic acids is 2. The summed E-state index contributed by atoms with van der Waals surface area (Å²) in [7, 11) is 0. The van der Waals surface area contributed by atoms with Crippen LogP contribution in [0.4, 0.5) is 4.79 Å². The lowest BCUT2D eigenvalue weighted by molar-refractivity contribution is -0.322. The second-order valence-electron chi connectivity index (χ2n) is 14.5. The van der Waals surface area contributed by atoms with Crippen LogP contribution in [-0.4, -0.2) is 65.7 Å². The fourth-order valence-corrected chi connectivity index (χ4v) is 11.4. The Labute approximate surface area is 237 Å². The number of alkyl carbamates (subject to hydrolysis) is 1. The molecule has 2 amide bonds. The average Bonchev–Trinajstić information content (AvgIpc) is 3.43. The molecule has 6 aliphatic rings. The molecule has 8 rings (SSSR count). The van der Waals surface area contributed by atoms with Gasteiger partial charge in [0.15, 0.2) is 0 Å². The average molecular weight is 540 g/mol. The van der Waals surface area contributed by atoms with Crippen LogP contribution in [-0.2, 0) is 16.6 Å². The second kappa shape index (κ2) is 8.12. The number of rotatable bonds is 5. The first-order chi connectivity index (χ1) is 19.2. The van der Waals surface area contributed by atoms with Crippen LogP contribution in [0.3, 0.4) is 0 Å². The van der Waals surface area contributed by atoms with E-state index in [0.717, 1.165) is 38.0 Å². The van der Waals surface area contributed by atoms with Gasteiger partial charge in [0.2, 0.25) is 0 Å². The molecular weight excluding hydrogens is 498 g/mol. The smallest absolute Gasteiger partial charge is 0.407 e. The Bertz CT molecular complexity index is 1390. The highest BCUT2D eigenvalue weighted by molar-refractivity contribution is 5.94. The molecule has 1 N–H and O–H groups in total. The van der Waals surface area contributed by atoms with E-state index in [0.29, 0.717) is 41.3 Å². The summed E-state index contributed by atoms with van der Waals surface area (Å²) in [5.41, 5.74) is 4.40. The summed E-state index contributed by atoms with van der Waals surface area (Å²) in [6.07, 6.45) is 5.40. The van der Waals surface area contributed by atoms with Crippen LogP contribution in [0.15, 0.2) is 54.6 Å². The third kappa shape index (κ3) is 2.89. The summed E-state index contributed by atoms with van der Waals surface area (Å²) in [5.74, 6) is 1.39. The van der Waals surface area contributed by atoms with E-state index in [2.05, 4.69) is 39.4 Å². The number of amides is 2. The van der Waals surface area contributed by atoms with E-state index < -0.39 is 5.60 Å². The first kappa shape index (κ1) is 24.9. The second-order valence-corrected chi connectivity index (χ2v) is 14.5. The fraction of sp³-hybridized carbons (Fsp3) is 0.588. The molecule has 6 nitrogen and oxygen atoms in total. The Morgan fingerprint density at radius 1 is 1.05 bits per heavy atom. The molecule has 2 heterocycles. The predicted octanol–water partition coefficient (Wildman–Crippen LogP) is 5.02. The van der Waals surface area contributed by atoms with Gasteiger partial charge >= 0.3 is 6.09 Å². The van der Waals surface area contributed by atoms with Crippen molar-refractivity contribution in [2.24, 2.45) is 22.7 Å². The number of hydrogen-bond acceptors (Lipinski definition) is 4. The van der Waals surface area contributed by atoms with E-state index in [-0.39, 0.29) is 17.4 Å². The molecule has 3 saturated carbocycles. The zero-order valence-electron chi connectivity index (χ0n) is 24.0. The highest BCUT2D eigenvalue weighted by Crippen LogP contribution is 2.90.